The van der Waals surface area contributed by atoms with Gasteiger partial charge in [0.15, 0.2) is 0 Å². The topological polar surface area (TPSA) is 103 Å². The van der Waals surface area contributed by atoms with E-state index >= 15 is 0 Å². The van der Waals surface area contributed by atoms with E-state index in [9.17, 15) is 9.59 Å². The molecule has 3 aromatic carbocycles. The first kappa shape index (κ1) is 29.7. The zero-order valence-electron chi connectivity index (χ0n) is 23.5. The highest BCUT2D eigenvalue weighted by Crippen LogP contribution is 2.28. The summed E-state index contributed by atoms with van der Waals surface area (Å²) in [5, 5.41) is 5.63. The maximum absolute atomic E-state index is 12.5. The summed E-state index contributed by atoms with van der Waals surface area (Å²) in [6.45, 7) is 8.79. The van der Waals surface area contributed by atoms with Crippen LogP contribution < -0.4 is 21.1 Å². The average molecular weight is 532 g/mol. The predicted molar refractivity (Wildman–Crippen MR) is 157 cm³/mol. The summed E-state index contributed by atoms with van der Waals surface area (Å²) < 4.78 is 11.2. The Bertz CT molecular complexity index is 1200. The van der Waals surface area contributed by atoms with Gasteiger partial charge in [-0.05, 0) is 93.0 Å². The van der Waals surface area contributed by atoms with E-state index in [1.807, 2.05) is 69.3 Å². The fourth-order valence-electron chi connectivity index (χ4n) is 4.08. The fraction of sp³-hybridized carbons (Fsp3) is 0.375. The van der Waals surface area contributed by atoms with Gasteiger partial charge in [-0.1, -0.05) is 55.5 Å². The summed E-state index contributed by atoms with van der Waals surface area (Å²) in [6.07, 6.45) is 2.57. The Kier molecular flexibility index (Phi) is 10.9. The zero-order valence-corrected chi connectivity index (χ0v) is 23.5. The van der Waals surface area contributed by atoms with E-state index in [-0.39, 0.29) is 5.91 Å². The van der Waals surface area contributed by atoms with Crippen molar-refractivity contribution in [2.75, 3.05) is 18.5 Å². The molecule has 39 heavy (non-hydrogen) atoms. The van der Waals surface area contributed by atoms with Crippen LogP contribution in [-0.4, -0.2) is 36.8 Å². The maximum Gasteiger partial charge on any atom is 0.407 e. The highest BCUT2D eigenvalue weighted by atomic mass is 16.6. The van der Waals surface area contributed by atoms with Gasteiger partial charge in [0.05, 0.1) is 12.6 Å². The summed E-state index contributed by atoms with van der Waals surface area (Å²) in [5.41, 5.74) is 10.9. The molecular formula is C32H41N3O4. The normalized spacial score (nSPS) is 11.9. The smallest absolute Gasteiger partial charge is 0.407 e. The molecule has 0 aliphatic heterocycles. The third kappa shape index (κ3) is 10.1. The average Bonchev–Trinajstić information content (AvgIpc) is 2.90. The molecule has 208 valence electrons. The first-order valence-electron chi connectivity index (χ1n) is 13.6. The van der Waals surface area contributed by atoms with Crippen LogP contribution in [0.3, 0.4) is 0 Å². The van der Waals surface area contributed by atoms with Crippen LogP contribution in [0.4, 0.5) is 10.5 Å². The number of hydrogen-bond donors (Lipinski definition) is 3. The molecule has 0 saturated carbocycles. The number of rotatable bonds is 12. The molecule has 0 heterocycles. The Morgan fingerprint density at radius 1 is 0.949 bits per heavy atom. The molecule has 0 bridgehead atoms. The number of carbonyl (C=O) groups is 2. The Morgan fingerprint density at radius 2 is 1.67 bits per heavy atom. The minimum Gasteiger partial charge on any atom is -0.494 e. The Balaban J connectivity index is 1.48. The number of carbonyl (C=O) groups excluding carboxylic acids is 2. The van der Waals surface area contributed by atoms with Crippen molar-refractivity contribution in [2.45, 2.75) is 65.0 Å². The molecule has 0 aromatic heterocycles. The van der Waals surface area contributed by atoms with Crippen molar-refractivity contribution >= 4 is 17.7 Å². The molecule has 3 rings (SSSR count). The molecular weight excluding hydrogens is 490 g/mol. The van der Waals surface area contributed by atoms with E-state index in [4.69, 9.17) is 15.2 Å². The van der Waals surface area contributed by atoms with E-state index in [1.165, 1.54) is 5.56 Å². The van der Waals surface area contributed by atoms with Gasteiger partial charge in [-0.2, -0.15) is 0 Å². The quantitative estimate of drug-likeness (QED) is 0.245. The van der Waals surface area contributed by atoms with Crippen LogP contribution in [0.2, 0.25) is 0 Å². The van der Waals surface area contributed by atoms with Crippen molar-refractivity contribution in [3.8, 4) is 16.9 Å². The molecule has 0 saturated heterocycles. The molecule has 7 nitrogen and oxygen atoms in total. The van der Waals surface area contributed by atoms with Gasteiger partial charge >= 0.3 is 6.09 Å². The lowest BCUT2D eigenvalue weighted by Crippen LogP contribution is -2.37. The predicted octanol–water partition coefficient (Wildman–Crippen LogP) is 6.11. The number of para-hydroxylation sites is 1. The van der Waals surface area contributed by atoms with Gasteiger partial charge in [-0.15, -0.1) is 0 Å². The monoisotopic (exact) mass is 531 g/mol. The fourth-order valence-corrected chi connectivity index (χ4v) is 4.08. The van der Waals surface area contributed by atoms with E-state index in [0.717, 1.165) is 47.4 Å². The van der Waals surface area contributed by atoms with E-state index in [0.29, 0.717) is 19.6 Å². The largest absolute Gasteiger partial charge is 0.494 e. The lowest BCUT2D eigenvalue weighted by atomic mass is 9.96. The number of unbranched alkanes of at least 4 members (excludes halogenated alkanes) is 1. The number of nitrogens with one attached hydrogen (secondary N) is 2. The van der Waals surface area contributed by atoms with Gasteiger partial charge in [0.1, 0.15) is 11.4 Å². The molecule has 0 radical (unpaired) electrons. The van der Waals surface area contributed by atoms with Crippen molar-refractivity contribution < 1.29 is 19.1 Å². The number of ether oxygens (including phenoxy) is 2. The molecule has 0 fully saturated rings. The second kappa shape index (κ2) is 14.4. The number of nitrogens with two attached hydrogens (primary N) is 1. The van der Waals surface area contributed by atoms with Crippen LogP contribution in [0.5, 0.6) is 5.75 Å². The van der Waals surface area contributed by atoms with Crippen molar-refractivity contribution in [2.24, 2.45) is 5.73 Å². The maximum atomic E-state index is 12.5. The summed E-state index contributed by atoms with van der Waals surface area (Å²) in [6, 6.07) is 23.1. The van der Waals surface area contributed by atoms with Gasteiger partial charge in [0.2, 0.25) is 5.91 Å². The van der Waals surface area contributed by atoms with Crippen molar-refractivity contribution in [3.05, 3.63) is 83.9 Å². The zero-order chi connectivity index (χ0) is 28.3. The lowest BCUT2D eigenvalue weighted by molar-refractivity contribution is -0.117. The third-order valence-corrected chi connectivity index (χ3v) is 6.06. The van der Waals surface area contributed by atoms with Gasteiger partial charge in [0.25, 0.3) is 0 Å². The molecule has 2 amide bonds. The molecule has 1 atom stereocenters. The van der Waals surface area contributed by atoms with Gasteiger partial charge in [-0.3, -0.25) is 4.79 Å². The Hall–Kier alpha value is -3.84. The van der Waals surface area contributed by atoms with Crippen LogP contribution in [-0.2, 0) is 22.4 Å². The second-order valence-electron chi connectivity index (χ2n) is 10.5. The standard InChI is InChI=1S/C32H41N3O4/c1-5-24-22-27(38-20-10-9-19-34-31(37)39-32(2,3)4)17-18-28(24)25-15-13-23(14-16-25)21-29(33)30(36)35-26-11-7-6-8-12-26/h6-8,11-18,22,29H,5,9-10,19-21,33H2,1-4H3,(H,34,37)(H,35,36). The van der Waals surface area contributed by atoms with Crippen LogP contribution in [0.25, 0.3) is 11.1 Å². The SMILES string of the molecule is CCc1cc(OCCCCNC(=O)OC(C)(C)C)ccc1-c1ccc(CC(N)C(=O)Nc2ccccc2)cc1. The number of aryl methyl sites for hydroxylation is 1. The van der Waals surface area contributed by atoms with Crippen LogP contribution in [0.15, 0.2) is 72.8 Å². The molecule has 0 spiro atoms. The third-order valence-electron chi connectivity index (χ3n) is 6.06. The number of benzene rings is 3. The van der Waals surface area contributed by atoms with Crippen LogP contribution >= 0.6 is 0 Å². The summed E-state index contributed by atoms with van der Waals surface area (Å²) >= 11 is 0. The Labute approximate surface area is 232 Å². The van der Waals surface area contributed by atoms with E-state index in [1.54, 1.807) is 0 Å². The molecule has 7 heteroatoms. The van der Waals surface area contributed by atoms with Crippen molar-refractivity contribution in [3.63, 3.8) is 0 Å². The number of hydrogen-bond acceptors (Lipinski definition) is 5. The molecule has 3 aromatic rings. The molecule has 1 unspecified atom stereocenters. The summed E-state index contributed by atoms with van der Waals surface area (Å²) in [4.78, 5) is 24.2. The molecule has 4 N–H and O–H groups in total. The highest BCUT2D eigenvalue weighted by molar-refractivity contribution is 5.94. The minimum atomic E-state index is -0.633. The lowest BCUT2D eigenvalue weighted by Gasteiger charge is -2.19. The van der Waals surface area contributed by atoms with Crippen molar-refractivity contribution in [1.82, 2.24) is 5.32 Å². The number of anilines is 1. The molecule has 0 aliphatic carbocycles. The minimum absolute atomic E-state index is 0.201. The van der Waals surface area contributed by atoms with Crippen LogP contribution in [0, 0.1) is 0 Å². The highest BCUT2D eigenvalue weighted by Gasteiger charge is 2.16. The van der Waals surface area contributed by atoms with E-state index in [2.05, 4.69) is 41.8 Å². The van der Waals surface area contributed by atoms with Gasteiger partial charge in [-0.25, -0.2) is 4.79 Å². The first-order chi connectivity index (χ1) is 18.6. The summed E-state index contributed by atoms with van der Waals surface area (Å²) in [7, 11) is 0. The number of alkyl carbamates (subject to hydrolysis) is 1. The Morgan fingerprint density at radius 3 is 2.33 bits per heavy atom. The second-order valence-corrected chi connectivity index (χ2v) is 10.5. The molecule has 0 aliphatic rings. The van der Waals surface area contributed by atoms with Crippen molar-refractivity contribution in [1.29, 1.82) is 0 Å². The van der Waals surface area contributed by atoms with Gasteiger partial charge < -0.3 is 25.8 Å². The first-order valence-corrected chi connectivity index (χ1v) is 13.6. The van der Waals surface area contributed by atoms with E-state index < -0.39 is 17.7 Å². The van der Waals surface area contributed by atoms with Gasteiger partial charge in [0, 0.05) is 12.2 Å². The number of amides is 2. The van der Waals surface area contributed by atoms with Crippen LogP contribution in [0.1, 0.15) is 51.7 Å². The summed E-state index contributed by atoms with van der Waals surface area (Å²) in [5.74, 6) is 0.635.